The summed E-state index contributed by atoms with van der Waals surface area (Å²) in [4.78, 5) is 32.8. The number of thiazole rings is 1. The number of esters is 1. The van der Waals surface area contributed by atoms with Crippen molar-refractivity contribution in [3.8, 4) is 0 Å². The summed E-state index contributed by atoms with van der Waals surface area (Å²) in [7, 11) is 0. The zero-order valence-corrected chi connectivity index (χ0v) is 20.2. The third-order valence-corrected chi connectivity index (χ3v) is 6.78. The van der Waals surface area contributed by atoms with E-state index in [1.807, 2.05) is 49.6 Å². The molecule has 4 rings (SSSR count). The van der Waals surface area contributed by atoms with Crippen molar-refractivity contribution in [1.29, 1.82) is 0 Å². The Morgan fingerprint density at radius 3 is 2.53 bits per heavy atom. The minimum atomic E-state index is -0.617. The van der Waals surface area contributed by atoms with Crippen LogP contribution >= 0.6 is 23.1 Å². The molecular formula is C24H24N2O4S2. The van der Waals surface area contributed by atoms with Crippen molar-refractivity contribution in [3.63, 3.8) is 0 Å². The molecule has 3 heterocycles. The molecule has 166 valence electrons. The number of fused-ring (bicyclic) bond motifs is 1. The summed E-state index contributed by atoms with van der Waals surface area (Å²) in [5.74, 6) is 0.908. The van der Waals surface area contributed by atoms with Crippen LogP contribution in [0.4, 0.5) is 0 Å². The van der Waals surface area contributed by atoms with Gasteiger partial charge in [-0.2, -0.15) is 0 Å². The molecule has 0 aliphatic carbocycles. The number of hydrogen-bond acceptors (Lipinski definition) is 7. The SMILES string of the molecule is CSc1ccc(C2C(C(=O)OC(C)C)=C(C)N=c3sc(=Cc4ccc(C)o4)c(=O)n32)cc1. The Morgan fingerprint density at radius 1 is 1.22 bits per heavy atom. The monoisotopic (exact) mass is 468 g/mol. The highest BCUT2D eigenvalue weighted by molar-refractivity contribution is 7.98. The highest BCUT2D eigenvalue weighted by Crippen LogP contribution is 2.32. The van der Waals surface area contributed by atoms with E-state index in [9.17, 15) is 9.59 Å². The standard InChI is InChI=1S/C24H24N2O4S2/c1-13(2)29-23(28)20-15(4)25-24-26(21(20)16-7-10-18(31-5)11-8-16)22(27)19(32-24)12-17-9-6-14(3)30-17/h6-13,21H,1-5H3. The third-order valence-electron chi connectivity index (χ3n) is 5.05. The molecule has 8 heteroatoms. The molecule has 0 saturated carbocycles. The molecule has 0 saturated heterocycles. The van der Waals surface area contributed by atoms with E-state index in [0.29, 0.717) is 26.4 Å². The number of furan rings is 1. The predicted octanol–water partition coefficient (Wildman–Crippen LogP) is 3.81. The molecule has 1 aromatic carbocycles. The molecular weight excluding hydrogens is 444 g/mol. The van der Waals surface area contributed by atoms with Crippen LogP contribution in [0.15, 0.2) is 66.8 Å². The Kier molecular flexibility index (Phi) is 6.26. The normalized spacial score (nSPS) is 16.3. The van der Waals surface area contributed by atoms with Crippen LogP contribution in [0.3, 0.4) is 0 Å². The topological polar surface area (TPSA) is 73.8 Å². The van der Waals surface area contributed by atoms with Crippen molar-refractivity contribution < 1.29 is 13.9 Å². The molecule has 32 heavy (non-hydrogen) atoms. The van der Waals surface area contributed by atoms with Crippen LogP contribution in [-0.4, -0.2) is 22.9 Å². The Morgan fingerprint density at radius 2 is 1.94 bits per heavy atom. The summed E-state index contributed by atoms with van der Waals surface area (Å²) >= 11 is 2.91. The van der Waals surface area contributed by atoms with Crippen molar-refractivity contribution in [3.05, 3.63) is 84.4 Å². The first-order chi connectivity index (χ1) is 15.3. The Labute approximate surface area is 193 Å². The van der Waals surface area contributed by atoms with E-state index in [-0.39, 0.29) is 11.7 Å². The van der Waals surface area contributed by atoms with Crippen molar-refractivity contribution in [2.24, 2.45) is 4.99 Å². The highest BCUT2D eigenvalue weighted by atomic mass is 32.2. The summed E-state index contributed by atoms with van der Waals surface area (Å²) in [6.45, 7) is 7.24. The van der Waals surface area contributed by atoms with Gasteiger partial charge in [0.1, 0.15) is 11.5 Å². The average Bonchev–Trinajstić information content (AvgIpc) is 3.29. The number of rotatable bonds is 5. The van der Waals surface area contributed by atoms with Crippen molar-refractivity contribution in [1.82, 2.24) is 4.57 Å². The Bertz CT molecular complexity index is 1370. The summed E-state index contributed by atoms with van der Waals surface area (Å²) in [5.41, 5.74) is 1.54. The number of benzene rings is 1. The van der Waals surface area contributed by atoms with Crippen LogP contribution in [-0.2, 0) is 9.53 Å². The largest absolute Gasteiger partial charge is 0.462 e. The third kappa shape index (κ3) is 4.25. The number of carbonyl (C=O) groups is 1. The van der Waals surface area contributed by atoms with Gasteiger partial charge in [0.05, 0.1) is 27.9 Å². The van der Waals surface area contributed by atoms with E-state index < -0.39 is 12.0 Å². The lowest BCUT2D eigenvalue weighted by Gasteiger charge is -2.25. The molecule has 6 nitrogen and oxygen atoms in total. The van der Waals surface area contributed by atoms with Gasteiger partial charge in [-0.3, -0.25) is 9.36 Å². The second kappa shape index (κ2) is 8.96. The second-order valence-electron chi connectivity index (χ2n) is 7.76. The summed E-state index contributed by atoms with van der Waals surface area (Å²) in [6.07, 6.45) is 3.44. The number of carbonyl (C=O) groups excluding carboxylic acids is 1. The molecule has 2 aromatic heterocycles. The molecule has 0 amide bonds. The first-order valence-corrected chi connectivity index (χ1v) is 12.3. The van der Waals surface area contributed by atoms with Gasteiger partial charge in [-0.05, 0) is 63.8 Å². The van der Waals surface area contributed by atoms with Crippen LogP contribution in [0.2, 0.25) is 0 Å². The van der Waals surface area contributed by atoms with E-state index in [4.69, 9.17) is 9.15 Å². The maximum absolute atomic E-state index is 13.5. The maximum Gasteiger partial charge on any atom is 0.338 e. The quantitative estimate of drug-likeness (QED) is 0.421. The smallest absolute Gasteiger partial charge is 0.338 e. The van der Waals surface area contributed by atoms with Gasteiger partial charge in [-0.25, -0.2) is 9.79 Å². The fourth-order valence-electron chi connectivity index (χ4n) is 3.62. The lowest BCUT2D eigenvalue weighted by molar-refractivity contribution is -0.143. The lowest BCUT2D eigenvalue weighted by atomic mass is 9.96. The van der Waals surface area contributed by atoms with Gasteiger partial charge in [0.15, 0.2) is 4.80 Å². The Hall–Kier alpha value is -2.84. The van der Waals surface area contributed by atoms with Gasteiger partial charge in [-0.15, -0.1) is 11.8 Å². The fourth-order valence-corrected chi connectivity index (χ4v) is 5.06. The van der Waals surface area contributed by atoms with Crippen LogP contribution in [0, 0.1) is 6.92 Å². The van der Waals surface area contributed by atoms with Gasteiger partial charge in [0.2, 0.25) is 0 Å². The number of aryl methyl sites for hydroxylation is 1. The predicted molar refractivity (Wildman–Crippen MR) is 127 cm³/mol. The fraction of sp³-hybridized carbons (Fsp3) is 0.292. The first-order valence-electron chi connectivity index (χ1n) is 10.2. The van der Waals surface area contributed by atoms with Gasteiger partial charge in [-0.1, -0.05) is 23.5 Å². The minimum Gasteiger partial charge on any atom is -0.462 e. The highest BCUT2D eigenvalue weighted by Gasteiger charge is 2.33. The van der Waals surface area contributed by atoms with Gasteiger partial charge in [0.25, 0.3) is 5.56 Å². The van der Waals surface area contributed by atoms with Crippen molar-refractivity contribution in [2.45, 2.75) is 44.7 Å². The minimum absolute atomic E-state index is 0.218. The maximum atomic E-state index is 13.5. The second-order valence-corrected chi connectivity index (χ2v) is 9.65. The molecule has 0 N–H and O–H groups in total. The average molecular weight is 469 g/mol. The van der Waals surface area contributed by atoms with Gasteiger partial charge >= 0.3 is 5.97 Å². The lowest BCUT2D eigenvalue weighted by Crippen LogP contribution is -2.40. The van der Waals surface area contributed by atoms with Crippen LogP contribution in [0.25, 0.3) is 6.08 Å². The molecule has 0 radical (unpaired) electrons. The van der Waals surface area contributed by atoms with Crippen LogP contribution in [0.5, 0.6) is 0 Å². The molecule has 1 aliphatic rings. The van der Waals surface area contributed by atoms with Crippen LogP contribution < -0.4 is 14.9 Å². The Balaban J connectivity index is 1.93. The van der Waals surface area contributed by atoms with Gasteiger partial charge in [0, 0.05) is 11.0 Å². The zero-order valence-electron chi connectivity index (χ0n) is 18.5. The van der Waals surface area contributed by atoms with E-state index >= 15 is 0 Å². The van der Waals surface area contributed by atoms with E-state index in [1.165, 1.54) is 11.3 Å². The molecule has 0 spiro atoms. The molecule has 3 aromatic rings. The number of ether oxygens (including phenoxy) is 1. The van der Waals surface area contributed by atoms with E-state index in [0.717, 1.165) is 16.2 Å². The zero-order chi connectivity index (χ0) is 23.0. The molecule has 1 atom stereocenters. The van der Waals surface area contributed by atoms with E-state index in [2.05, 4.69) is 4.99 Å². The first kappa shape index (κ1) is 22.4. The molecule has 1 aliphatic heterocycles. The molecule has 0 fully saturated rings. The van der Waals surface area contributed by atoms with Gasteiger partial charge < -0.3 is 9.15 Å². The van der Waals surface area contributed by atoms with Crippen molar-refractivity contribution >= 4 is 35.1 Å². The summed E-state index contributed by atoms with van der Waals surface area (Å²) in [6, 6.07) is 10.9. The number of aromatic nitrogens is 1. The van der Waals surface area contributed by atoms with E-state index in [1.54, 1.807) is 43.2 Å². The van der Waals surface area contributed by atoms with Crippen molar-refractivity contribution in [2.75, 3.05) is 6.26 Å². The molecule has 0 bridgehead atoms. The number of nitrogens with zero attached hydrogens (tertiary/aromatic N) is 2. The summed E-state index contributed by atoms with van der Waals surface area (Å²) in [5, 5.41) is 0. The van der Waals surface area contributed by atoms with Crippen LogP contribution in [0.1, 0.15) is 43.9 Å². The summed E-state index contributed by atoms with van der Waals surface area (Å²) < 4.78 is 13.2. The number of hydrogen-bond donors (Lipinski definition) is 0. The number of allylic oxidation sites excluding steroid dienone is 1. The molecule has 1 unspecified atom stereocenters. The number of thioether (sulfide) groups is 1.